The first-order valence-corrected chi connectivity index (χ1v) is 9.55. The molecule has 0 unspecified atom stereocenters. The standard InChI is InChI=1S/C21H21N5O6/c1-32-12-11-24-18(22)17(19(27)23-21(24)29)25(13-14-5-3-2-4-6-14)20(28)15-7-9-16(10-8-15)26(30)31/h2-10H,11-13,22H2,1H3,(H,23,27,29). The van der Waals surface area contributed by atoms with Crippen LogP contribution in [0.4, 0.5) is 17.2 Å². The van der Waals surface area contributed by atoms with Crippen molar-refractivity contribution in [1.29, 1.82) is 0 Å². The second kappa shape index (κ2) is 9.71. The van der Waals surface area contributed by atoms with Crippen molar-refractivity contribution < 1.29 is 14.5 Å². The number of amides is 1. The third-order valence-corrected chi connectivity index (χ3v) is 4.76. The largest absolute Gasteiger partial charge is 0.383 e. The van der Waals surface area contributed by atoms with E-state index in [-0.39, 0.29) is 42.5 Å². The van der Waals surface area contributed by atoms with Gasteiger partial charge in [-0.1, -0.05) is 30.3 Å². The molecule has 0 fully saturated rings. The van der Waals surface area contributed by atoms with E-state index in [1.54, 1.807) is 30.3 Å². The van der Waals surface area contributed by atoms with Gasteiger partial charge in [0, 0.05) is 24.8 Å². The van der Waals surface area contributed by atoms with Crippen LogP contribution < -0.4 is 21.9 Å². The van der Waals surface area contributed by atoms with Gasteiger partial charge in [0.25, 0.3) is 17.2 Å². The van der Waals surface area contributed by atoms with Crippen LogP contribution in [0.5, 0.6) is 0 Å². The number of anilines is 2. The first kappa shape index (κ1) is 22.4. The van der Waals surface area contributed by atoms with Crippen LogP contribution in [0.3, 0.4) is 0 Å². The molecule has 0 saturated heterocycles. The summed E-state index contributed by atoms with van der Waals surface area (Å²) in [6.07, 6.45) is 0. The van der Waals surface area contributed by atoms with Crippen molar-refractivity contribution >= 4 is 23.1 Å². The number of aromatic nitrogens is 2. The Bertz CT molecular complexity index is 1230. The number of benzene rings is 2. The van der Waals surface area contributed by atoms with Gasteiger partial charge in [-0.2, -0.15) is 0 Å². The molecule has 1 amide bonds. The molecule has 0 saturated carbocycles. The van der Waals surface area contributed by atoms with E-state index in [4.69, 9.17) is 10.5 Å². The lowest BCUT2D eigenvalue weighted by molar-refractivity contribution is -0.384. The lowest BCUT2D eigenvalue weighted by Crippen LogP contribution is -2.41. The molecular weight excluding hydrogens is 418 g/mol. The van der Waals surface area contributed by atoms with Crippen molar-refractivity contribution in [3.8, 4) is 0 Å². The number of rotatable bonds is 8. The fourth-order valence-electron chi connectivity index (χ4n) is 3.14. The number of methoxy groups -OCH3 is 1. The maximum Gasteiger partial charge on any atom is 0.330 e. The molecular formula is C21H21N5O6. The van der Waals surface area contributed by atoms with Crippen LogP contribution in [0.15, 0.2) is 64.2 Å². The number of non-ortho nitro benzene ring substituents is 1. The second-order valence-electron chi connectivity index (χ2n) is 6.82. The summed E-state index contributed by atoms with van der Waals surface area (Å²) in [4.78, 5) is 52.0. The number of carbonyl (C=O) groups excluding carboxylic acids is 1. The number of nitro groups is 1. The highest BCUT2D eigenvalue weighted by Gasteiger charge is 2.26. The predicted octanol–water partition coefficient (Wildman–Crippen LogP) is 1.52. The van der Waals surface area contributed by atoms with Gasteiger partial charge in [-0.3, -0.25) is 34.2 Å². The molecule has 11 heteroatoms. The van der Waals surface area contributed by atoms with E-state index < -0.39 is 22.1 Å². The van der Waals surface area contributed by atoms with Gasteiger partial charge < -0.3 is 10.5 Å². The minimum Gasteiger partial charge on any atom is -0.383 e. The number of hydrogen-bond donors (Lipinski definition) is 2. The van der Waals surface area contributed by atoms with Crippen LogP contribution >= 0.6 is 0 Å². The number of aromatic amines is 1. The van der Waals surface area contributed by atoms with Gasteiger partial charge in [0.15, 0.2) is 5.69 Å². The topological polar surface area (TPSA) is 154 Å². The van der Waals surface area contributed by atoms with Crippen LogP contribution in [-0.2, 0) is 17.8 Å². The zero-order valence-corrected chi connectivity index (χ0v) is 17.2. The fourth-order valence-corrected chi connectivity index (χ4v) is 3.14. The fraction of sp³-hybridized carbons (Fsp3) is 0.190. The number of carbonyl (C=O) groups is 1. The highest BCUT2D eigenvalue weighted by atomic mass is 16.6. The Morgan fingerprint density at radius 3 is 2.41 bits per heavy atom. The second-order valence-corrected chi connectivity index (χ2v) is 6.82. The molecule has 1 heterocycles. The maximum atomic E-state index is 13.4. The third kappa shape index (κ3) is 4.73. The number of nitro benzene ring substituents is 1. The molecule has 1 aromatic heterocycles. The molecule has 3 N–H and O–H groups in total. The lowest BCUT2D eigenvalue weighted by atomic mass is 10.1. The predicted molar refractivity (Wildman–Crippen MR) is 118 cm³/mol. The summed E-state index contributed by atoms with van der Waals surface area (Å²) >= 11 is 0. The lowest BCUT2D eigenvalue weighted by Gasteiger charge is -2.24. The molecule has 11 nitrogen and oxygen atoms in total. The average molecular weight is 439 g/mol. The van der Waals surface area contributed by atoms with Gasteiger partial charge in [0.1, 0.15) is 5.82 Å². The van der Waals surface area contributed by atoms with Crippen molar-refractivity contribution in [1.82, 2.24) is 9.55 Å². The Hall–Kier alpha value is -4.25. The summed E-state index contributed by atoms with van der Waals surface area (Å²) in [7, 11) is 1.45. The Balaban J connectivity index is 2.13. The molecule has 0 atom stereocenters. The van der Waals surface area contributed by atoms with Crippen LogP contribution in [0.25, 0.3) is 0 Å². The number of nitrogens with two attached hydrogens (primary N) is 1. The highest BCUT2D eigenvalue weighted by Crippen LogP contribution is 2.23. The smallest absolute Gasteiger partial charge is 0.330 e. The first-order valence-electron chi connectivity index (χ1n) is 9.55. The zero-order chi connectivity index (χ0) is 23.3. The molecule has 0 spiro atoms. The average Bonchev–Trinajstić information content (AvgIpc) is 2.78. The minimum absolute atomic E-state index is 0.0214. The number of ether oxygens (including phenoxy) is 1. The Morgan fingerprint density at radius 2 is 1.81 bits per heavy atom. The molecule has 0 aliphatic rings. The van der Waals surface area contributed by atoms with Crippen molar-refractivity contribution in [2.45, 2.75) is 13.1 Å². The molecule has 0 radical (unpaired) electrons. The van der Waals surface area contributed by atoms with Crippen molar-refractivity contribution in [2.75, 3.05) is 24.4 Å². The minimum atomic E-state index is -0.827. The summed E-state index contributed by atoms with van der Waals surface area (Å²) in [5.74, 6) is -0.806. The number of nitrogens with zero attached hydrogens (tertiary/aromatic N) is 3. The SMILES string of the molecule is COCCn1c(N)c(N(Cc2ccccc2)C(=O)c2ccc([N+](=O)[O-])cc2)c(=O)[nH]c1=O. The van der Waals surface area contributed by atoms with E-state index in [1.165, 1.54) is 31.4 Å². The monoisotopic (exact) mass is 439 g/mol. The highest BCUT2D eigenvalue weighted by molar-refractivity contribution is 6.07. The van der Waals surface area contributed by atoms with Gasteiger partial charge in [0.2, 0.25) is 0 Å². The van der Waals surface area contributed by atoms with Gasteiger partial charge in [-0.05, 0) is 17.7 Å². The van der Waals surface area contributed by atoms with Crippen LogP contribution in [0, 0.1) is 10.1 Å². The van der Waals surface area contributed by atoms with E-state index in [0.29, 0.717) is 5.56 Å². The molecule has 32 heavy (non-hydrogen) atoms. The molecule has 0 bridgehead atoms. The number of hydrogen-bond acceptors (Lipinski definition) is 7. The molecule has 3 aromatic rings. The van der Waals surface area contributed by atoms with E-state index >= 15 is 0 Å². The summed E-state index contributed by atoms with van der Waals surface area (Å²) in [6, 6.07) is 13.9. The zero-order valence-electron chi connectivity index (χ0n) is 17.2. The van der Waals surface area contributed by atoms with Crippen LogP contribution in [0.2, 0.25) is 0 Å². The van der Waals surface area contributed by atoms with Gasteiger partial charge in [-0.25, -0.2) is 4.79 Å². The Labute approximate surface area is 181 Å². The molecule has 3 rings (SSSR count). The van der Waals surface area contributed by atoms with Crippen LogP contribution in [0.1, 0.15) is 15.9 Å². The summed E-state index contributed by atoms with van der Waals surface area (Å²) in [5, 5.41) is 10.9. The van der Waals surface area contributed by atoms with Crippen LogP contribution in [-0.4, -0.2) is 34.1 Å². The van der Waals surface area contributed by atoms with Crippen molar-refractivity contribution in [3.05, 3.63) is 96.7 Å². The van der Waals surface area contributed by atoms with Gasteiger partial charge in [0.05, 0.1) is 24.6 Å². The van der Waals surface area contributed by atoms with E-state index in [1.807, 2.05) is 0 Å². The molecule has 2 aromatic carbocycles. The normalized spacial score (nSPS) is 10.7. The summed E-state index contributed by atoms with van der Waals surface area (Å²) < 4.78 is 6.10. The van der Waals surface area contributed by atoms with Crippen molar-refractivity contribution in [3.63, 3.8) is 0 Å². The summed E-state index contributed by atoms with van der Waals surface area (Å²) in [5.41, 5.74) is 5.05. The van der Waals surface area contributed by atoms with E-state index in [2.05, 4.69) is 4.98 Å². The van der Waals surface area contributed by atoms with E-state index in [0.717, 1.165) is 9.47 Å². The molecule has 166 valence electrons. The maximum absolute atomic E-state index is 13.4. The van der Waals surface area contributed by atoms with E-state index in [9.17, 15) is 24.5 Å². The number of nitrogen functional groups attached to an aromatic ring is 1. The number of H-pyrrole nitrogens is 1. The van der Waals surface area contributed by atoms with Gasteiger partial charge >= 0.3 is 5.69 Å². The van der Waals surface area contributed by atoms with Gasteiger partial charge in [-0.15, -0.1) is 0 Å². The first-order chi connectivity index (χ1) is 15.3. The number of nitrogens with one attached hydrogen (secondary N) is 1. The van der Waals surface area contributed by atoms with Crippen molar-refractivity contribution in [2.24, 2.45) is 0 Å². The quantitative estimate of drug-likeness (QED) is 0.398. The Kier molecular flexibility index (Phi) is 6.80. The molecule has 0 aliphatic heterocycles. The summed E-state index contributed by atoms with van der Waals surface area (Å²) in [6.45, 7) is 0.201. The third-order valence-electron chi connectivity index (χ3n) is 4.76. The Morgan fingerprint density at radius 1 is 1.16 bits per heavy atom. The molecule has 0 aliphatic carbocycles.